The molecule has 0 unspecified atom stereocenters. The first-order chi connectivity index (χ1) is 13.4. The summed E-state index contributed by atoms with van der Waals surface area (Å²) >= 11 is 0. The van der Waals surface area contributed by atoms with Crippen LogP contribution >= 0.6 is 0 Å². The second-order valence-electron chi connectivity index (χ2n) is 7.65. The molecule has 0 aromatic carbocycles. The lowest BCUT2D eigenvalue weighted by atomic mass is 9.64. The molecule has 0 radical (unpaired) electrons. The first-order valence-corrected chi connectivity index (χ1v) is 10.9. The molecule has 0 spiro atoms. The second kappa shape index (κ2) is 9.19. The molecule has 1 heterocycles. The van der Waals surface area contributed by atoms with Crippen molar-refractivity contribution in [3.05, 3.63) is 12.7 Å². The van der Waals surface area contributed by atoms with Crippen molar-refractivity contribution >= 4 is 10.1 Å². The first kappa shape index (κ1) is 24.5. The quantitative estimate of drug-likeness (QED) is 0.220. The van der Waals surface area contributed by atoms with Crippen LogP contribution in [0.25, 0.3) is 0 Å². The number of rotatable bonds is 10. The third-order valence-corrected chi connectivity index (χ3v) is 6.32. The Hall–Kier alpha value is -0.720. The zero-order valence-corrected chi connectivity index (χ0v) is 17.7. The zero-order chi connectivity index (χ0) is 21.9. The second-order valence-corrected chi connectivity index (χ2v) is 9.26. The van der Waals surface area contributed by atoms with Crippen molar-refractivity contribution in [2.24, 2.45) is 5.41 Å². The summed E-state index contributed by atoms with van der Waals surface area (Å²) in [6, 6.07) is 0. The fraction of sp³-hybridized carbons (Fsp3) is 0.889. The van der Waals surface area contributed by atoms with Crippen LogP contribution in [0.1, 0.15) is 46.0 Å². The standard InChI is InChI=1S/C18H29F3O7S/c1-5-8-16-10-14(11-26-29(22,23)18(19,20)21)28-17(16,27-13(2)3)9-6-7-15(16)25-12-24-4/h5,13-15H,1,6-12H2,2-4H3/t14-,15-,16+,17-/m0/s1. The number of fused-ring (bicyclic) bond motifs is 1. The van der Waals surface area contributed by atoms with Crippen LogP contribution in [0.2, 0.25) is 0 Å². The molecule has 0 aromatic rings. The molecular formula is C18H29F3O7S. The molecule has 0 amide bonds. The van der Waals surface area contributed by atoms with E-state index in [4.69, 9.17) is 18.9 Å². The molecule has 1 saturated carbocycles. The van der Waals surface area contributed by atoms with Crippen molar-refractivity contribution in [1.82, 2.24) is 0 Å². The maximum Gasteiger partial charge on any atom is 0.523 e. The van der Waals surface area contributed by atoms with Crippen LogP contribution in [0.3, 0.4) is 0 Å². The van der Waals surface area contributed by atoms with E-state index in [0.29, 0.717) is 25.7 Å². The number of alkyl halides is 3. The van der Waals surface area contributed by atoms with Gasteiger partial charge in [0.05, 0.1) is 30.3 Å². The summed E-state index contributed by atoms with van der Waals surface area (Å²) in [5.74, 6) is -1.15. The number of ether oxygens (including phenoxy) is 4. The number of allylic oxidation sites excluding steroid dienone is 1. The van der Waals surface area contributed by atoms with Crippen molar-refractivity contribution in [2.75, 3.05) is 20.5 Å². The minimum Gasteiger partial charge on any atom is -0.359 e. The van der Waals surface area contributed by atoms with E-state index in [9.17, 15) is 21.6 Å². The molecule has 29 heavy (non-hydrogen) atoms. The number of hydrogen-bond donors (Lipinski definition) is 0. The summed E-state index contributed by atoms with van der Waals surface area (Å²) in [7, 11) is -4.22. The highest BCUT2D eigenvalue weighted by atomic mass is 32.2. The van der Waals surface area contributed by atoms with E-state index < -0.39 is 39.5 Å². The fourth-order valence-corrected chi connectivity index (χ4v) is 4.87. The predicted octanol–water partition coefficient (Wildman–Crippen LogP) is 3.50. The first-order valence-electron chi connectivity index (χ1n) is 9.46. The third-order valence-electron chi connectivity index (χ3n) is 5.31. The molecule has 0 bridgehead atoms. The summed E-state index contributed by atoms with van der Waals surface area (Å²) in [6.45, 7) is 6.73. The molecule has 1 saturated heterocycles. The van der Waals surface area contributed by atoms with Gasteiger partial charge in [-0.25, -0.2) is 0 Å². The molecule has 4 atom stereocenters. The lowest BCUT2D eigenvalue weighted by Gasteiger charge is -2.52. The van der Waals surface area contributed by atoms with Crippen LogP contribution in [-0.2, 0) is 33.2 Å². The number of halogens is 3. The molecule has 7 nitrogen and oxygen atoms in total. The van der Waals surface area contributed by atoms with Gasteiger partial charge in [-0.1, -0.05) is 6.08 Å². The Morgan fingerprint density at radius 3 is 2.59 bits per heavy atom. The Bertz CT molecular complexity index is 667. The summed E-state index contributed by atoms with van der Waals surface area (Å²) in [6.07, 6.45) is 2.66. The average molecular weight is 446 g/mol. The highest BCUT2D eigenvalue weighted by Gasteiger charge is 2.66. The van der Waals surface area contributed by atoms with E-state index in [1.165, 1.54) is 7.11 Å². The van der Waals surface area contributed by atoms with E-state index in [-0.39, 0.29) is 25.4 Å². The van der Waals surface area contributed by atoms with Crippen molar-refractivity contribution < 1.29 is 44.7 Å². The smallest absolute Gasteiger partial charge is 0.359 e. The fourth-order valence-electron chi connectivity index (χ4n) is 4.40. The summed E-state index contributed by atoms with van der Waals surface area (Å²) in [5.41, 5.74) is -6.25. The van der Waals surface area contributed by atoms with E-state index in [1.807, 2.05) is 13.8 Å². The molecule has 170 valence electrons. The molecule has 1 aliphatic heterocycles. The Kier molecular flexibility index (Phi) is 7.78. The van der Waals surface area contributed by atoms with Gasteiger partial charge >= 0.3 is 15.6 Å². The lowest BCUT2D eigenvalue weighted by molar-refractivity contribution is -0.323. The Morgan fingerprint density at radius 1 is 1.34 bits per heavy atom. The van der Waals surface area contributed by atoms with Crippen molar-refractivity contribution in [3.63, 3.8) is 0 Å². The van der Waals surface area contributed by atoms with Gasteiger partial charge in [-0.05, 0) is 39.5 Å². The van der Waals surface area contributed by atoms with Gasteiger partial charge < -0.3 is 18.9 Å². The van der Waals surface area contributed by atoms with Crippen LogP contribution in [0.5, 0.6) is 0 Å². The van der Waals surface area contributed by atoms with Gasteiger partial charge in [0.25, 0.3) is 0 Å². The average Bonchev–Trinajstić information content (AvgIpc) is 2.91. The molecule has 1 aliphatic carbocycles. The van der Waals surface area contributed by atoms with Gasteiger partial charge in [0.2, 0.25) is 0 Å². The molecule has 0 aromatic heterocycles. The van der Waals surface area contributed by atoms with Crippen LogP contribution in [0, 0.1) is 5.41 Å². The maximum atomic E-state index is 12.6. The molecular weight excluding hydrogens is 417 g/mol. The van der Waals surface area contributed by atoms with Gasteiger partial charge in [-0.15, -0.1) is 6.58 Å². The largest absolute Gasteiger partial charge is 0.523 e. The van der Waals surface area contributed by atoms with Gasteiger partial charge in [0.1, 0.15) is 6.79 Å². The minimum atomic E-state index is -5.71. The van der Waals surface area contributed by atoms with Gasteiger partial charge in [0.15, 0.2) is 5.79 Å². The van der Waals surface area contributed by atoms with Gasteiger partial charge in [0, 0.05) is 13.5 Å². The summed E-state index contributed by atoms with van der Waals surface area (Å²) in [4.78, 5) is 0. The van der Waals surface area contributed by atoms with E-state index in [0.717, 1.165) is 0 Å². The monoisotopic (exact) mass is 446 g/mol. The highest BCUT2D eigenvalue weighted by Crippen LogP contribution is 2.59. The molecule has 0 N–H and O–H groups in total. The van der Waals surface area contributed by atoms with Crippen LogP contribution in [0.4, 0.5) is 13.2 Å². The maximum absolute atomic E-state index is 12.6. The molecule has 2 rings (SSSR count). The SMILES string of the molecule is C=CC[C@]12C[C@@H](COS(=O)(=O)C(F)(F)F)O[C@@]1(OC(C)C)CCC[C@@H]2OCOC. The van der Waals surface area contributed by atoms with E-state index in [1.54, 1.807) is 6.08 Å². The number of hydrogen-bond acceptors (Lipinski definition) is 7. The van der Waals surface area contributed by atoms with E-state index >= 15 is 0 Å². The topological polar surface area (TPSA) is 80.3 Å². The van der Waals surface area contributed by atoms with Crippen LogP contribution in [0.15, 0.2) is 12.7 Å². The minimum absolute atomic E-state index is 0.0327. The summed E-state index contributed by atoms with van der Waals surface area (Å²) in [5, 5.41) is 0. The zero-order valence-electron chi connectivity index (χ0n) is 16.9. The van der Waals surface area contributed by atoms with Crippen LogP contribution < -0.4 is 0 Å². The normalized spacial score (nSPS) is 33.1. The Balaban J connectivity index is 2.33. The highest BCUT2D eigenvalue weighted by molar-refractivity contribution is 7.87. The van der Waals surface area contributed by atoms with Crippen molar-refractivity contribution in [2.45, 2.75) is 75.6 Å². The predicted molar refractivity (Wildman–Crippen MR) is 97.2 cm³/mol. The molecule has 11 heteroatoms. The van der Waals surface area contributed by atoms with Crippen molar-refractivity contribution in [3.8, 4) is 0 Å². The summed E-state index contributed by atoms with van der Waals surface area (Å²) < 4.78 is 87.9. The Morgan fingerprint density at radius 2 is 2.03 bits per heavy atom. The number of methoxy groups -OCH3 is 1. The van der Waals surface area contributed by atoms with E-state index in [2.05, 4.69) is 10.8 Å². The van der Waals surface area contributed by atoms with Crippen LogP contribution in [-0.4, -0.2) is 58.5 Å². The van der Waals surface area contributed by atoms with Gasteiger partial charge in [-0.2, -0.15) is 21.6 Å². The molecule has 2 aliphatic rings. The van der Waals surface area contributed by atoms with Crippen molar-refractivity contribution in [1.29, 1.82) is 0 Å². The third kappa shape index (κ3) is 4.96. The van der Waals surface area contributed by atoms with Gasteiger partial charge in [-0.3, -0.25) is 4.18 Å². The molecule has 2 fully saturated rings. The lowest BCUT2D eigenvalue weighted by Crippen LogP contribution is -2.58. The Labute approximate surface area is 169 Å².